The zero-order valence-corrected chi connectivity index (χ0v) is 23.1. The summed E-state index contributed by atoms with van der Waals surface area (Å²) in [7, 11) is 0. The van der Waals surface area contributed by atoms with Crippen LogP contribution in [0.3, 0.4) is 0 Å². The predicted molar refractivity (Wildman–Crippen MR) is 166 cm³/mol. The molecule has 0 aliphatic rings. The Morgan fingerprint density at radius 1 is 0.514 bits per heavy atom. The van der Waals surface area contributed by atoms with E-state index in [1.807, 2.05) is 46.1 Å². The first kappa shape index (κ1) is 21.9. The summed E-state index contributed by atoms with van der Waals surface area (Å²) in [5, 5.41) is 5.37. The van der Waals surface area contributed by atoms with Crippen LogP contribution in [0.15, 0.2) is 84.9 Å². The second kappa shape index (κ2) is 8.20. The van der Waals surface area contributed by atoms with Crippen LogP contribution in [0, 0.1) is 5.82 Å². The minimum absolute atomic E-state index is 0.194. The van der Waals surface area contributed by atoms with Crippen molar-refractivity contribution in [1.29, 1.82) is 0 Å². The lowest BCUT2D eigenvalue weighted by Crippen LogP contribution is -1.78. The van der Waals surface area contributed by atoms with Gasteiger partial charge in [-0.3, -0.25) is 0 Å². The number of halogens is 1. The summed E-state index contributed by atoms with van der Waals surface area (Å²) in [4.78, 5) is 2.54. The summed E-state index contributed by atoms with van der Waals surface area (Å²) in [6.45, 7) is 2.20. The van der Waals surface area contributed by atoms with Gasteiger partial charge in [-0.25, -0.2) is 4.39 Å². The lowest BCUT2D eigenvalue weighted by molar-refractivity contribution is 0.628. The van der Waals surface area contributed by atoms with Gasteiger partial charge in [0.05, 0.1) is 9.40 Å². The van der Waals surface area contributed by atoms with Crippen LogP contribution in [0.2, 0.25) is 0 Å². The first-order valence-corrected chi connectivity index (χ1v) is 15.5. The fourth-order valence-electron chi connectivity index (χ4n) is 5.23. The van der Waals surface area contributed by atoms with Crippen molar-refractivity contribution < 1.29 is 4.39 Å². The van der Waals surface area contributed by atoms with Gasteiger partial charge in [0.25, 0.3) is 0 Å². The molecule has 0 N–H and O–H groups in total. The molecule has 0 saturated heterocycles. The van der Waals surface area contributed by atoms with E-state index in [0.717, 1.165) is 12.0 Å². The molecule has 4 heterocycles. The summed E-state index contributed by atoms with van der Waals surface area (Å²) in [5.41, 5.74) is 3.76. The number of benzene rings is 4. The molecule has 8 rings (SSSR count). The van der Waals surface area contributed by atoms with Gasteiger partial charge in [-0.15, -0.1) is 45.3 Å². The third kappa shape index (κ3) is 3.35. The van der Waals surface area contributed by atoms with Gasteiger partial charge in [0.15, 0.2) is 0 Å². The maximum absolute atomic E-state index is 13.4. The van der Waals surface area contributed by atoms with E-state index in [1.54, 1.807) is 11.3 Å². The quantitative estimate of drug-likeness (QED) is 0.205. The Morgan fingerprint density at radius 3 is 1.46 bits per heavy atom. The zero-order valence-electron chi connectivity index (χ0n) is 19.8. The second-order valence-corrected chi connectivity index (χ2v) is 13.6. The van der Waals surface area contributed by atoms with E-state index in [2.05, 4.69) is 67.6 Å². The number of thiophene rings is 4. The largest absolute Gasteiger partial charge is 0.207 e. The molecule has 5 heteroatoms. The van der Waals surface area contributed by atoms with E-state index < -0.39 is 0 Å². The van der Waals surface area contributed by atoms with Gasteiger partial charge in [-0.2, -0.15) is 0 Å². The first-order valence-electron chi connectivity index (χ1n) is 12.3. The number of hydrogen-bond donors (Lipinski definition) is 0. The minimum atomic E-state index is -0.194. The Labute approximate surface area is 228 Å². The van der Waals surface area contributed by atoms with Crippen LogP contribution in [-0.4, -0.2) is 0 Å². The predicted octanol–water partition coefficient (Wildman–Crippen LogP) is 11.7. The van der Waals surface area contributed by atoms with E-state index in [0.29, 0.717) is 0 Å². The molecule has 0 aliphatic heterocycles. The molecule has 0 unspecified atom stereocenters. The Balaban J connectivity index is 1.26. The summed E-state index contributed by atoms with van der Waals surface area (Å²) in [6, 6.07) is 29.7. The standard InChI is InChI=1S/C32H19FS4/c1-2-17-3-5-18(6-4-17)25-15-27-31(34-25)23-13-11-22-21(29(23)36-27)12-14-24-30(22)37-28-16-26(35-32(24)28)19-7-9-20(33)10-8-19/h3-16H,2H2,1H3. The summed E-state index contributed by atoms with van der Waals surface area (Å²) < 4.78 is 21.5. The van der Waals surface area contributed by atoms with Crippen molar-refractivity contribution in [2.75, 3.05) is 0 Å². The van der Waals surface area contributed by atoms with E-state index in [-0.39, 0.29) is 5.82 Å². The fraction of sp³-hybridized carbons (Fsp3) is 0.0625. The Kier molecular flexibility index (Phi) is 4.87. The molecule has 178 valence electrons. The monoisotopic (exact) mass is 550 g/mol. The molecule has 0 atom stereocenters. The van der Waals surface area contributed by atoms with E-state index in [1.165, 1.54) is 82.8 Å². The van der Waals surface area contributed by atoms with E-state index in [9.17, 15) is 4.39 Å². The van der Waals surface area contributed by atoms with Crippen LogP contribution in [-0.2, 0) is 6.42 Å². The minimum Gasteiger partial charge on any atom is -0.207 e. The molecule has 0 aliphatic carbocycles. The summed E-state index contributed by atoms with van der Waals surface area (Å²) in [5.74, 6) is -0.194. The average Bonchev–Trinajstić information content (AvgIpc) is 3.68. The highest BCUT2D eigenvalue weighted by molar-refractivity contribution is 7.35. The van der Waals surface area contributed by atoms with Gasteiger partial charge >= 0.3 is 0 Å². The van der Waals surface area contributed by atoms with Crippen molar-refractivity contribution in [3.63, 3.8) is 0 Å². The first-order chi connectivity index (χ1) is 18.2. The smallest absolute Gasteiger partial charge is 0.123 e. The molecule has 0 spiro atoms. The molecule has 4 aromatic carbocycles. The molecule has 37 heavy (non-hydrogen) atoms. The molecule has 4 aromatic heterocycles. The number of rotatable bonds is 3. The Bertz CT molecular complexity index is 2120. The molecular weight excluding hydrogens is 532 g/mol. The molecule has 0 amide bonds. The maximum Gasteiger partial charge on any atom is 0.123 e. The van der Waals surface area contributed by atoms with Gasteiger partial charge in [-0.05, 0) is 47.4 Å². The van der Waals surface area contributed by atoms with Crippen molar-refractivity contribution in [2.24, 2.45) is 0 Å². The second-order valence-electron chi connectivity index (χ2n) is 9.35. The SMILES string of the molecule is CCc1ccc(-c2cc3sc4c5ccc6c7sc(-c8ccc(F)cc8)cc7sc6c5ccc4c3s2)cc1. The van der Waals surface area contributed by atoms with Crippen molar-refractivity contribution in [3.05, 3.63) is 96.3 Å². The van der Waals surface area contributed by atoms with Crippen LogP contribution in [0.4, 0.5) is 4.39 Å². The van der Waals surface area contributed by atoms with Crippen LogP contribution in [0.1, 0.15) is 12.5 Å². The highest BCUT2D eigenvalue weighted by Crippen LogP contribution is 2.49. The van der Waals surface area contributed by atoms with E-state index in [4.69, 9.17) is 0 Å². The third-order valence-electron chi connectivity index (χ3n) is 7.19. The van der Waals surface area contributed by atoms with Crippen molar-refractivity contribution in [1.82, 2.24) is 0 Å². The topological polar surface area (TPSA) is 0 Å². The number of fused-ring (bicyclic) bond motifs is 9. The van der Waals surface area contributed by atoms with Gasteiger partial charge in [-0.1, -0.05) is 67.6 Å². The Morgan fingerprint density at radius 2 is 0.973 bits per heavy atom. The van der Waals surface area contributed by atoms with Crippen molar-refractivity contribution in [2.45, 2.75) is 13.3 Å². The lowest BCUT2D eigenvalue weighted by Gasteiger charge is -2.02. The van der Waals surface area contributed by atoms with Crippen molar-refractivity contribution >= 4 is 95.1 Å². The molecule has 0 saturated carbocycles. The molecule has 0 radical (unpaired) electrons. The Hall–Kier alpha value is -3.09. The van der Waals surface area contributed by atoms with E-state index >= 15 is 0 Å². The van der Waals surface area contributed by atoms with Gasteiger partial charge in [0, 0.05) is 50.1 Å². The van der Waals surface area contributed by atoms with Crippen LogP contribution < -0.4 is 0 Å². The molecular formula is C32H19FS4. The highest BCUT2D eigenvalue weighted by atomic mass is 32.1. The molecule has 8 aromatic rings. The highest BCUT2D eigenvalue weighted by Gasteiger charge is 2.17. The lowest BCUT2D eigenvalue weighted by atomic mass is 10.1. The average molecular weight is 551 g/mol. The maximum atomic E-state index is 13.4. The third-order valence-corrected chi connectivity index (χ3v) is 12.3. The van der Waals surface area contributed by atoms with Crippen LogP contribution in [0.5, 0.6) is 0 Å². The molecule has 0 bridgehead atoms. The van der Waals surface area contributed by atoms with Gasteiger partial charge in [0.2, 0.25) is 0 Å². The van der Waals surface area contributed by atoms with Crippen molar-refractivity contribution in [3.8, 4) is 20.9 Å². The number of hydrogen-bond acceptors (Lipinski definition) is 4. The van der Waals surface area contributed by atoms with Crippen LogP contribution in [0.25, 0.3) is 70.6 Å². The normalized spacial score (nSPS) is 12.2. The molecule has 0 fully saturated rings. The fourth-order valence-corrected chi connectivity index (χ4v) is 10.5. The summed E-state index contributed by atoms with van der Waals surface area (Å²) in [6.07, 6.45) is 1.07. The van der Waals surface area contributed by atoms with Gasteiger partial charge in [0.1, 0.15) is 5.82 Å². The summed E-state index contributed by atoms with van der Waals surface area (Å²) >= 11 is 7.51. The van der Waals surface area contributed by atoms with Gasteiger partial charge < -0.3 is 0 Å². The zero-order chi connectivity index (χ0) is 24.7. The number of aryl methyl sites for hydroxylation is 1. The molecule has 0 nitrogen and oxygen atoms in total. The van der Waals surface area contributed by atoms with Crippen LogP contribution >= 0.6 is 45.3 Å².